The number of thioether (sulfide) groups is 1. The van der Waals surface area contributed by atoms with Gasteiger partial charge in [0, 0.05) is 17.3 Å². The Kier molecular flexibility index (Phi) is 5.20. The number of carbonyl (C=O) groups is 2. The van der Waals surface area contributed by atoms with Crippen LogP contribution >= 0.6 is 23.4 Å². The van der Waals surface area contributed by atoms with Crippen molar-refractivity contribution >= 4 is 68.9 Å². The maximum absolute atomic E-state index is 12.3. The lowest BCUT2D eigenvalue weighted by Crippen LogP contribution is -2.09. The number of aromatic nitrogens is 1. The Morgan fingerprint density at radius 3 is 2.86 bits per heavy atom. The molecule has 29 heavy (non-hydrogen) atoms. The zero-order valence-corrected chi connectivity index (χ0v) is 16.3. The van der Waals surface area contributed by atoms with E-state index in [9.17, 15) is 9.59 Å². The van der Waals surface area contributed by atoms with E-state index in [-0.39, 0.29) is 5.91 Å². The number of anilines is 2. The van der Waals surface area contributed by atoms with Gasteiger partial charge in [-0.2, -0.15) is 4.99 Å². The number of pyridine rings is 1. The molecule has 0 atom stereocenters. The molecule has 3 aromatic rings. The van der Waals surface area contributed by atoms with Crippen LogP contribution in [0.4, 0.5) is 16.2 Å². The second-order valence-electron chi connectivity index (χ2n) is 6.04. The zero-order valence-electron chi connectivity index (χ0n) is 14.7. The SMILES string of the molecule is O=C(O)Nc1ccc(Cl)c(NC2=NC(=O)C(=Cc3ccc4ncccc4c3)S2)c1. The lowest BCUT2D eigenvalue weighted by atomic mass is 10.1. The molecule has 3 N–H and O–H groups in total. The second-order valence-corrected chi connectivity index (χ2v) is 7.48. The number of hydrogen-bond acceptors (Lipinski definition) is 5. The van der Waals surface area contributed by atoms with Crippen LogP contribution < -0.4 is 10.6 Å². The van der Waals surface area contributed by atoms with E-state index in [1.54, 1.807) is 18.3 Å². The lowest BCUT2D eigenvalue weighted by molar-refractivity contribution is -0.113. The first-order valence-corrected chi connectivity index (χ1v) is 9.61. The highest BCUT2D eigenvalue weighted by atomic mass is 35.5. The second kappa shape index (κ2) is 7.94. The Labute approximate surface area is 174 Å². The fourth-order valence-electron chi connectivity index (χ4n) is 2.74. The van der Waals surface area contributed by atoms with Gasteiger partial charge in [-0.25, -0.2) is 4.79 Å². The van der Waals surface area contributed by atoms with Crippen LogP contribution in [0.3, 0.4) is 0 Å². The van der Waals surface area contributed by atoms with Crippen molar-refractivity contribution in [3.8, 4) is 0 Å². The fraction of sp³-hybridized carbons (Fsp3) is 0. The van der Waals surface area contributed by atoms with Gasteiger partial charge in [0.25, 0.3) is 5.91 Å². The molecule has 2 heterocycles. The molecule has 1 aliphatic rings. The summed E-state index contributed by atoms with van der Waals surface area (Å²) in [5.41, 5.74) is 2.53. The number of rotatable bonds is 3. The molecule has 0 saturated heterocycles. The molecule has 2 aromatic carbocycles. The molecule has 1 aromatic heterocycles. The largest absolute Gasteiger partial charge is 0.465 e. The van der Waals surface area contributed by atoms with E-state index < -0.39 is 6.09 Å². The van der Waals surface area contributed by atoms with Crippen LogP contribution in [0.15, 0.2) is 64.6 Å². The van der Waals surface area contributed by atoms with Crippen LogP contribution in [-0.2, 0) is 4.79 Å². The van der Waals surface area contributed by atoms with Crippen LogP contribution in [0.5, 0.6) is 0 Å². The molecule has 0 fully saturated rings. The molecule has 2 amide bonds. The zero-order chi connectivity index (χ0) is 20.4. The van der Waals surface area contributed by atoms with Gasteiger partial charge >= 0.3 is 6.09 Å². The fourth-order valence-corrected chi connectivity index (χ4v) is 3.73. The lowest BCUT2D eigenvalue weighted by Gasteiger charge is -2.09. The maximum atomic E-state index is 12.3. The molecular formula is C20H13ClN4O3S. The third-order valence-corrected chi connectivity index (χ3v) is 5.23. The summed E-state index contributed by atoms with van der Waals surface area (Å²) in [6, 6.07) is 14.2. The highest BCUT2D eigenvalue weighted by Gasteiger charge is 2.22. The van der Waals surface area contributed by atoms with Gasteiger partial charge in [0.05, 0.1) is 21.1 Å². The summed E-state index contributed by atoms with van der Waals surface area (Å²) in [6.45, 7) is 0. The summed E-state index contributed by atoms with van der Waals surface area (Å²) in [6.07, 6.45) is 2.31. The summed E-state index contributed by atoms with van der Waals surface area (Å²) in [4.78, 5) is 31.8. The average molecular weight is 425 g/mol. The van der Waals surface area contributed by atoms with Gasteiger partial charge in [0.1, 0.15) is 0 Å². The Morgan fingerprint density at radius 1 is 1.17 bits per heavy atom. The minimum absolute atomic E-state index is 0.347. The van der Waals surface area contributed by atoms with Crippen molar-refractivity contribution < 1.29 is 14.7 Å². The molecule has 0 unspecified atom stereocenters. The van der Waals surface area contributed by atoms with Gasteiger partial charge in [0.2, 0.25) is 0 Å². The third kappa shape index (κ3) is 4.39. The van der Waals surface area contributed by atoms with E-state index in [4.69, 9.17) is 16.7 Å². The number of amidine groups is 1. The number of benzene rings is 2. The van der Waals surface area contributed by atoms with Crippen molar-refractivity contribution in [3.63, 3.8) is 0 Å². The smallest absolute Gasteiger partial charge is 0.409 e. The van der Waals surface area contributed by atoms with Gasteiger partial charge in [-0.1, -0.05) is 23.7 Å². The Balaban J connectivity index is 1.53. The van der Waals surface area contributed by atoms with Gasteiger partial charge in [-0.15, -0.1) is 0 Å². The van der Waals surface area contributed by atoms with Gasteiger partial charge < -0.3 is 10.4 Å². The van der Waals surface area contributed by atoms with E-state index in [0.29, 0.717) is 26.5 Å². The minimum atomic E-state index is -1.18. The molecule has 0 spiro atoms. The minimum Gasteiger partial charge on any atom is -0.465 e. The molecule has 0 bridgehead atoms. The molecular weight excluding hydrogens is 412 g/mol. The predicted molar refractivity (Wildman–Crippen MR) is 116 cm³/mol. The summed E-state index contributed by atoms with van der Waals surface area (Å²) in [5, 5.41) is 15.8. The van der Waals surface area contributed by atoms with Crippen LogP contribution in [0, 0.1) is 0 Å². The average Bonchev–Trinajstić information content (AvgIpc) is 3.03. The highest BCUT2D eigenvalue weighted by Crippen LogP contribution is 2.32. The molecule has 0 aliphatic carbocycles. The number of nitrogens with one attached hydrogen (secondary N) is 2. The summed E-state index contributed by atoms with van der Waals surface area (Å²) < 4.78 is 0. The van der Waals surface area contributed by atoms with Crippen LogP contribution in [-0.4, -0.2) is 27.3 Å². The van der Waals surface area contributed by atoms with Crippen molar-refractivity contribution in [2.75, 3.05) is 10.6 Å². The quantitative estimate of drug-likeness (QED) is 0.507. The number of amides is 2. The Hall–Kier alpha value is -3.36. The normalized spacial score (nSPS) is 14.9. The maximum Gasteiger partial charge on any atom is 0.409 e. The van der Waals surface area contributed by atoms with Crippen molar-refractivity contribution in [2.45, 2.75) is 0 Å². The predicted octanol–water partition coefficient (Wildman–Crippen LogP) is 5.06. The number of aliphatic imine (C=N–C) groups is 1. The van der Waals surface area contributed by atoms with Crippen LogP contribution in [0.1, 0.15) is 5.56 Å². The molecule has 0 radical (unpaired) electrons. The van der Waals surface area contributed by atoms with E-state index in [1.807, 2.05) is 30.3 Å². The van der Waals surface area contributed by atoms with Crippen molar-refractivity contribution in [1.82, 2.24) is 4.98 Å². The molecule has 7 nitrogen and oxygen atoms in total. The monoisotopic (exact) mass is 424 g/mol. The molecule has 4 rings (SSSR count). The summed E-state index contributed by atoms with van der Waals surface area (Å²) >= 11 is 7.34. The molecule has 0 saturated carbocycles. The highest BCUT2D eigenvalue weighted by molar-refractivity contribution is 8.18. The van der Waals surface area contributed by atoms with Crippen LogP contribution in [0.25, 0.3) is 17.0 Å². The van der Waals surface area contributed by atoms with Crippen LogP contribution in [0.2, 0.25) is 5.02 Å². The van der Waals surface area contributed by atoms with Gasteiger partial charge in [0.15, 0.2) is 5.17 Å². The van der Waals surface area contributed by atoms with E-state index in [0.717, 1.165) is 16.5 Å². The Bertz CT molecular complexity index is 1210. The molecule has 1 aliphatic heterocycles. The van der Waals surface area contributed by atoms with Crippen molar-refractivity contribution in [1.29, 1.82) is 0 Å². The number of carboxylic acid groups (broad SMARTS) is 1. The van der Waals surface area contributed by atoms with Crippen molar-refractivity contribution in [3.05, 3.63) is 70.2 Å². The van der Waals surface area contributed by atoms with Gasteiger partial charge in [-0.05, 0) is 59.8 Å². The first-order valence-electron chi connectivity index (χ1n) is 8.42. The summed E-state index contributed by atoms with van der Waals surface area (Å²) in [7, 11) is 0. The van der Waals surface area contributed by atoms with E-state index in [2.05, 4.69) is 20.6 Å². The number of fused-ring (bicyclic) bond motifs is 1. The molecule has 144 valence electrons. The third-order valence-electron chi connectivity index (χ3n) is 4.00. The standard InChI is InChI=1S/C20H13ClN4O3S/c21-14-5-4-13(23-20(27)28)10-16(14)24-19-25-18(26)17(29-19)9-11-3-6-15-12(8-11)2-1-7-22-15/h1-10,23H,(H,27,28)(H,24,25,26). The Morgan fingerprint density at radius 2 is 2.03 bits per heavy atom. The first kappa shape index (κ1) is 19.0. The first-order chi connectivity index (χ1) is 14.0. The van der Waals surface area contributed by atoms with E-state index in [1.165, 1.54) is 23.9 Å². The van der Waals surface area contributed by atoms with Crippen molar-refractivity contribution in [2.24, 2.45) is 4.99 Å². The van der Waals surface area contributed by atoms with E-state index >= 15 is 0 Å². The number of carbonyl (C=O) groups excluding carboxylic acids is 1. The van der Waals surface area contributed by atoms with Gasteiger partial charge in [-0.3, -0.25) is 15.1 Å². The number of nitrogens with zero attached hydrogens (tertiary/aromatic N) is 2. The topological polar surface area (TPSA) is 104 Å². The number of halogens is 1. The summed E-state index contributed by atoms with van der Waals surface area (Å²) in [5.74, 6) is -0.361. The molecule has 9 heteroatoms. The number of hydrogen-bond donors (Lipinski definition) is 3.